The van der Waals surface area contributed by atoms with E-state index in [0.717, 1.165) is 23.9 Å². The van der Waals surface area contributed by atoms with Crippen molar-refractivity contribution in [3.63, 3.8) is 0 Å². The van der Waals surface area contributed by atoms with E-state index in [2.05, 4.69) is 16.9 Å². The molecule has 1 saturated heterocycles. The zero-order valence-electron chi connectivity index (χ0n) is 16.3. The van der Waals surface area contributed by atoms with Crippen LogP contribution in [0.15, 0.2) is 60.1 Å². The topological polar surface area (TPSA) is 61.8 Å². The molecule has 2 aromatic carbocycles. The van der Waals surface area contributed by atoms with Crippen molar-refractivity contribution in [2.75, 3.05) is 11.9 Å². The monoisotopic (exact) mass is 501 g/mol. The molecule has 0 spiro atoms. The van der Waals surface area contributed by atoms with Gasteiger partial charge in [0, 0.05) is 18.0 Å². The third kappa shape index (κ3) is 5.85. The number of carbonyl (C=O) groups is 2. The third-order valence-electron chi connectivity index (χ3n) is 4.30. The number of hydrogen-bond acceptors (Lipinski definition) is 4. The molecular weight excluding hydrogens is 486 g/mol. The summed E-state index contributed by atoms with van der Waals surface area (Å²) in [5.41, 5.74) is -0.501. The van der Waals surface area contributed by atoms with Crippen LogP contribution in [-0.4, -0.2) is 33.7 Å². The van der Waals surface area contributed by atoms with Crippen LogP contribution >= 0.6 is 35.0 Å². The van der Waals surface area contributed by atoms with Crippen molar-refractivity contribution in [1.82, 2.24) is 4.90 Å². The predicted octanol–water partition coefficient (Wildman–Crippen LogP) is 6.16. The molecule has 0 saturated carbocycles. The number of halogens is 5. The largest absolute Gasteiger partial charge is 0.416 e. The normalized spacial score (nSPS) is 17.7. The van der Waals surface area contributed by atoms with Crippen molar-refractivity contribution in [2.24, 2.45) is 4.99 Å². The van der Waals surface area contributed by atoms with E-state index in [1.807, 2.05) is 0 Å². The first kappa shape index (κ1) is 24.2. The zero-order chi connectivity index (χ0) is 23.5. The Kier molecular flexibility index (Phi) is 7.53. The highest BCUT2D eigenvalue weighted by atomic mass is 35.5. The van der Waals surface area contributed by atoms with Gasteiger partial charge < -0.3 is 5.32 Å². The fourth-order valence-electron chi connectivity index (χ4n) is 2.85. The van der Waals surface area contributed by atoms with Gasteiger partial charge in [-0.25, -0.2) is 4.99 Å². The van der Waals surface area contributed by atoms with E-state index in [1.54, 1.807) is 6.07 Å². The number of aliphatic imine (C=N–C) groups is 1. The molecule has 1 aliphatic rings. The molecule has 5 nitrogen and oxygen atoms in total. The average molecular weight is 502 g/mol. The summed E-state index contributed by atoms with van der Waals surface area (Å²) in [6.45, 7) is 3.69. The molecule has 2 aromatic rings. The maximum absolute atomic E-state index is 13.0. The number of anilines is 1. The van der Waals surface area contributed by atoms with Gasteiger partial charge >= 0.3 is 6.18 Å². The van der Waals surface area contributed by atoms with E-state index in [-0.39, 0.29) is 28.8 Å². The minimum atomic E-state index is -4.52. The van der Waals surface area contributed by atoms with Gasteiger partial charge in [-0.05, 0) is 36.4 Å². The zero-order valence-corrected chi connectivity index (χ0v) is 18.7. The van der Waals surface area contributed by atoms with E-state index in [4.69, 9.17) is 23.2 Å². The van der Waals surface area contributed by atoms with Crippen LogP contribution in [0.1, 0.15) is 12.0 Å². The number of alkyl halides is 3. The molecule has 11 heteroatoms. The fraction of sp³-hybridized carbons (Fsp3) is 0.190. The molecule has 1 heterocycles. The smallest absolute Gasteiger partial charge is 0.325 e. The van der Waals surface area contributed by atoms with E-state index in [9.17, 15) is 22.8 Å². The first-order chi connectivity index (χ1) is 15.1. The van der Waals surface area contributed by atoms with Crippen molar-refractivity contribution >= 4 is 63.3 Å². The number of amides is 2. The molecule has 0 radical (unpaired) electrons. The Bertz CT molecular complexity index is 1090. The van der Waals surface area contributed by atoms with Gasteiger partial charge in [0.25, 0.3) is 0 Å². The number of nitrogens with one attached hydrogen (secondary N) is 1. The summed E-state index contributed by atoms with van der Waals surface area (Å²) in [5, 5.41) is 2.65. The lowest BCUT2D eigenvalue weighted by atomic mass is 10.2. The van der Waals surface area contributed by atoms with Crippen LogP contribution in [0.5, 0.6) is 0 Å². The first-order valence-corrected chi connectivity index (χ1v) is 10.8. The predicted molar refractivity (Wildman–Crippen MR) is 122 cm³/mol. The Morgan fingerprint density at radius 1 is 1.25 bits per heavy atom. The fourth-order valence-corrected chi connectivity index (χ4v) is 4.35. The van der Waals surface area contributed by atoms with Gasteiger partial charge in [-0.3, -0.25) is 14.5 Å². The summed E-state index contributed by atoms with van der Waals surface area (Å²) < 4.78 is 39.0. The first-order valence-electron chi connectivity index (χ1n) is 9.18. The lowest BCUT2D eigenvalue weighted by molar-refractivity contribution is -0.137. The van der Waals surface area contributed by atoms with E-state index < -0.39 is 28.8 Å². The minimum Gasteiger partial charge on any atom is -0.325 e. The van der Waals surface area contributed by atoms with Crippen LogP contribution < -0.4 is 5.32 Å². The number of benzene rings is 2. The van der Waals surface area contributed by atoms with Crippen molar-refractivity contribution < 1.29 is 22.8 Å². The molecule has 168 valence electrons. The number of carbonyl (C=O) groups excluding carboxylic acids is 2. The van der Waals surface area contributed by atoms with Gasteiger partial charge in [0.1, 0.15) is 5.25 Å². The molecule has 1 fully saturated rings. The molecule has 1 atom stereocenters. The molecule has 32 heavy (non-hydrogen) atoms. The minimum absolute atomic E-state index is 0.0417. The van der Waals surface area contributed by atoms with Gasteiger partial charge in [0.15, 0.2) is 5.17 Å². The lowest BCUT2D eigenvalue weighted by Crippen LogP contribution is -2.33. The lowest BCUT2D eigenvalue weighted by Gasteiger charge is -2.14. The van der Waals surface area contributed by atoms with Gasteiger partial charge in [-0.1, -0.05) is 47.1 Å². The summed E-state index contributed by atoms with van der Waals surface area (Å²) in [5.74, 6) is -0.869. The van der Waals surface area contributed by atoms with Crippen LogP contribution in [-0.2, 0) is 15.8 Å². The number of rotatable bonds is 6. The second-order valence-electron chi connectivity index (χ2n) is 6.66. The van der Waals surface area contributed by atoms with Gasteiger partial charge in [-0.15, -0.1) is 6.58 Å². The molecule has 3 rings (SSSR count). The second kappa shape index (κ2) is 9.97. The Morgan fingerprint density at radius 3 is 2.69 bits per heavy atom. The Hall–Kier alpha value is -2.49. The molecule has 1 N–H and O–H groups in total. The number of thioether (sulfide) groups is 1. The Labute approximate surface area is 196 Å². The third-order valence-corrected chi connectivity index (χ3v) is 6.04. The summed E-state index contributed by atoms with van der Waals surface area (Å²) >= 11 is 13.0. The highest BCUT2D eigenvalue weighted by Gasteiger charge is 2.39. The molecule has 2 amide bonds. The molecule has 0 aliphatic carbocycles. The van der Waals surface area contributed by atoms with Crippen molar-refractivity contribution in [2.45, 2.75) is 17.8 Å². The van der Waals surface area contributed by atoms with Crippen LogP contribution in [0.3, 0.4) is 0 Å². The molecule has 0 bridgehead atoms. The highest BCUT2D eigenvalue weighted by Crippen LogP contribution is 2.35. The maximum Gasteiger partial charge on any atom is 0.416 e. The van der Waals surface area contributed by atoms with Crippen molar-refractivity contribution in [1.29, 1.82) is 0 Å². The van der Waals surface area contributed by atoms with Crippen molar-refractivity contribution in [3.05, 3.63) is 70.7 Å². The Morgan fingerprint density at radius 2 is 2.00 bits per heavy atom. The van der Waals surface area contributed by atoms with E-state index in [0.29, 0.717) is 10.7 Å². The number of hydrogen-bond donors (Lipinski definition) is 1. The average Bonchev–Trinajstić information content (AvgIpc) is 2.99. The van der Waals surface area contributed by atoms with Crippen LogP contribution in [0.2, 0.25) is 10.0 Å². The SMILES string of the molecule is C=CCN1C(=O)[C@H](CC(=O)Nc2cc(Cl)ccc2Cl)SC1=Nc1cccc(C(F)(F)F)c1. The quantitative estimate of drug-likeness (QED) is 0.482. The standard InChI is InChI=1S/C21H16Cl2F3N3O2S/c1-2-8-29-19(31)17(11-18(30)28-16-10-13(22)6-7-15(16)23)32-20(29)27-14-5-3-4-12(9-14)21(24,25)26/h2-7,9-10,17H,1,8,11H2,(H,28,30)/t17-/m0/s1. The summed E-state index contributed by atoms with van der Waals surface area (Å²) in [6, 6.07) is 9.05. The van der Waals surface area contributed by atoms with Crippen LogP contribution in [0.25, 0.3) is 0 Å². The van der Waals surface area contributed by atoms with Crippen molar-refractivity contribution in [3.8, 4) is 0 Å². The molecule has 1 aliphatic heterocycles. The number of nitrogens with zero attached hydrogens (tertiary/aromatic N) is 2. The summed E-state index contributed by atoms with van der Waals surface area (Å²) in [7, 11) is 0. The van der Waals surface area contributed by atoms with Crippen LogP contribution in [0.4, 0.5) is 24.5 Å². The Balaban J connectivity index is 1.79. The van der Waals surface area contributed by atoms with E-state index >= 15 is 0 Å². The van der Waals surface area contributed by atoms with Gasteiger partial charge in [0.05, 0.1) is 22.0 Å². The summed E-state index contributed by atoms with van der Waals surface area (Å²) in [4.78, 5) is 30.8. The summed E-state index contributed by atoms with van der Waals surface area (Å²) in [6.07, 6.45) is -3.24. The van der Waals surface area contributed by atoms with Gasteiger partial charge in [0.2, 0.25) is 11.8 Å². The van der Waals surface area contributed by atoms with E-state index in [1.165, 1.54) is 35.2 Å². The highest BCUT2D eigenvalue weighted by molar-refractivity contribution is 8.15. The number of amidine groups is 1. The molecule has 0 unspecified atom stereocenters. The van der Waals surface area contributed by atoms with Gasteiger partial charge in [-0.2, -0.15) is 13.2 Å². The maximum atomic E-state index is 13.0. The second-order valence-corrected chi connectivity index (χ2v) is 8.68. The molecule has 0 aromatic heterocycles. The molecular formula is C21H16Cl2F3N3O2S. The van der Waals surface area contributed by atoms with Crippen LogP contribution in [0, 0.1) is 0 Å².